The lowest BCUT2D eigenvalue weighted by molar-refractivity contribution is 0.0951. The van der Waals surface area contributed by atoms with E-state index in [1.54, 1.807) is 67.1 Å². The molecule has 5 rings (SSSR count). The number of imidazole rings is 1. The molecule has 190 valence electrons. The van der Waals surface area contributed by atoms with Crippen molar-refractivity contribution in [2.75, 3.05) is 4.31 Å². The van der Waals surface area contributed by atoms with Crippen LogP contribution < -0.4 is 9.62 Å². The van der Waals surface area contributed by atoms with Crippen LogP contribution in [-0.2, 0) is 23.1 Å². The van der Waals surface area contributed by atoms with Gasteiger partial charge in [0, 0.05) is 24.6 Å². The number of sulfonamides is 1. The predicted molar refractivity (Wildman–Crippen MR) is 147 cm³/mol. The number of carbonyl (C=O) groups is 1. The van der Waals surface area contributed by atoms with Gasteiger partial charge in [-0.25, -0.2) is 13.4 Å². The lowest BCUT2D eigenvalue weighted by Gasteiger charge is -2.26. The van der Waals surface area contributed by atoms with Gasteiger partial charge in [0.15, 0.2) is 0 Å². The first-order chi connectivity index (χ1) is 18.5. The van der Waals surface area contributed by atoms with Crippen molar-refractivity contribution in [3.05, 3.63) is 145 Å². The first-order valence-corrected chi connectivity index (χ1v) is 13.5. The average molecular weight is 523 g/mol. The molecule has 0 saturated heterocycles. The van der Waals surface area contributed by atoms with Crippen LogP contribution in [-0.4, -0.2) is 23.9 Å². The smallest absolute Gasteiger partial charge is 0.264 e. The zero-order valence-corrected chi connectivity index (χ0v) is 21.3. The summed E-state index contributed by atoms with van der Waals surface area (Å²) < 4.78 is 30.8. The molecule has 1 N–H and O–H groups in total. The highest BCUT2D eigenvalue weighted by atomic mass is 32.2. The van der Waals surface area contributed by atoms with Crippen LogP contribution in [0.25, 0.3) is 5.69 Å². The maximum absolute atomic E-state index is 13.8. The molecule has 1 amide bonds. The van der Waals surface area contributed by atoms with E-state index < -0.39 is 10.0 Å². The minimum Gasteiger partial charge on any atom is -0.348 e. The number of hydrogen-bond donors (Lipinski definition) is 1. The van der Waals surface area contributed by atoms with Gasteiger partial charge in [0.25, 0.3) is 15.9 Å². The van der Waals surface area contributed by atoms with Crippen LogP contribution in [0.2, 0.25) is 0 Å². The Balaban J connectivity index is 1.42. The van der Waals surface area contributed by atoms with Crippen molar-refractivity contribution in [3.63, 3.8) is 0 Å². The van der Waals surface area contributed by atoms with Crippen LogP contribution in [0.1, 0.15) is 21.5 Å². The first-order valence-electron chi connectivity index (χ1n) is 12.1. The fourth-order valence-corrected chi connectivity index (χ4v) is 5.62. The van der Waals surface area contributed by atoms with Gasteiger partial charge in [0.1, 0.15) is 0 Å². The molecule has 0 spiro atoms. The Kier molecular flexibility index (Phi) is 7.33. The molecule has 0 unspecified atom stereocenters. The van der Waals surface area contributed by atoms with Gasteiger partial charge in [-0.05, 0) is 47.5 Å². The molecule has 1 heterocycles. The van der Waals surface area contributed by atoms with Crippen molar-refractivity contribution in [1.29, 1.82) is 0 Å². The predicted octanol–water partition coefficient (Wildman–Crippen LogP) is 5.20. The van der Waals surface area contributed by atoms with E-state index in [9.17, 15) is 13.2 Å². The standard InChI is InChI=1S/C30H26N4O3S/c35-30(32-21-24-15-17-26(18-16-24)33-20-19-31-23-33)28-13-7-8-14-29(28)34(22-25-9-3-1-4-10-25)38(36,37)27-11-5-2-6-12-27/h1-20,23H,21-22H2,(H,32,35). The van der Waals surface area contributed by atoms with E-state index in [0.29, 0.717) is 12.2 Å². The van der Waals surface area contributed by atoms with Gasteiger partial charge in [0.05, 0.1) is 29.0 Å². The number of carbonyl (C=O) groups excluding carboxylic acids is 1. The van der Waals surface area contributed by atoms with Crippen molar-refractivity contribution in [2.45, 2.75) is 18.0 Å². The quantitative estimate of drug-likeness (QED) is 0.289. The van der Waals surface area contributed by atoms with Gasteiger partial charge in [-0.3, -0.25) is 9.10 Å². The average Bonchev–Trinajstić information content (AvgIpc) is 3.51. The van der Waals surface area contributed by atoms with E-state index in [0.717, 1.165) is 16.8 Å². The number of hydrogen-bond acceptors (Lipinski definition) is 4. The summed E-state index contributed by atoms with van der Waals surface area (Å²) in [7, 11) is -3.96. The largest absolute Gasteiger partial charge is 0.348 e. The lowest BCUT2D eigenvalue weighted by Crippen LogP contribution is -2.33. The third-order valence-electron chi connectivity index (χ3n) is 6.11. The number of anilines is 1. The summed E-state index contributed by atoms with van der Waals surface area (Å²) >= 11 is 0. The maximum Gasteiger partial charge on any atom is 0.264 e. The minimum atomic E-state index is -3.96. The molecule has 0 aliphatic heterocycles. The van der Waals surface area contributed by atoms with Crippen molar-refractivity contribution in [1.82, 2.24) is 14.9 Å². The summed E-state index contributed by atoms with van der Waals surface area (Å²) in [6.45, 7) is 0.375. The first kappa shape index (κ1) is 25.0. The number of aromatic nitrogens is 2. The van der Waals surface area contributed by atoms with E-state index in [1.807, 2.05) is 65.4 Å². The second-order valence-electron chi connectivity index (χ2n) is 8.65. The number of nitrogens with one attached hydrogen (secondary N) is 1. The molecular formula is C30H26N4O3S. The number of rotatable bonds is 9. The summed E-state index contributed by atoms with van der Waals surface area (Å²) in [6, 6.07) is 32.1. The molecule has 8 heteroatoms. The zero-order valence-electron chi connectivity index (χ0n) is 20.5. The summed E-state index contributed by atoms with van der Waals surface area (Å²) in [5, 5.41) is 2.94. The van der Waals surface area contributed by atoms with Crippen LogP contribution in [0.5, 0.6) is 0 Å². The Morgan fingerprint density at radius 2 is 1.45 bits per heavy atom. The summed E-state index contributed by atoms with van der Waals surface area (Å²) in [4.78, 5) is 17.6. The molecule has 38 heavy (non-hydrogen) atoms. The second kappa shape index (κ2) is 11.1. The normalized spacial score (nSPS) is 11.2. The minimum absolute atomic E-state index is 0.0814. The van der Waals surface area contributed by atoms with Gasteiger partial charge >= 0.3 is 0 Å². The summed E-state index contributed by atoms with van der Waals surface area (Å²) in [5.74, 6) is -0.361. The van der Waals surface area contributed by atoms with Gasteiger partial charge in [-0.1, -0.05) is 72.8 Å². The molecule has 5 aromatic rings. The number of nitrogens with zero attached hydrogens (tertiary/aromatic N) is 3. The molecule has 0 aliphatic rings. The SMILES string of the molecule is O=C(NCc1ccc(-n2ccnc2)cc1)c1ccccc1N(Cc1ccccc1)S(=O)(=O)c1ccccc1. The molecule has 0 atom stereocenters. The van der Waals surface area contributed by atoms with Crippen LogP contribution in [0.3, 0.4) is 0 Å². The maximum atomic E-state index is 13.8. The highest BCUT2D eigenvalue weighted by Crippen LogP contribution is 2.29. The zero-order chi connectivity index (χ0) is 26.4. The Morgan fingerprint density at radius 3 is 2.13 bits per heavy atom. The molecule has 0 saturated carbocycles. The van der Waals surface area contributed by atoms with Crippen molar-refractivity contribution >= 4 is 21.6 Å². The number of benzene rings is 4. The monoisotopic (exact) mass is 522 g/mol. The molecule has 0 bridgehead atoms. The van der Waals surface area contributed by atoms with Crippen LogP contribution >= 0.6 is 0 Å². The third kappa shape index (κ3) is 5.50. The highest BCUT2D eigenvalue weighted by molar-refractivity contribution is 7.92. The fourth-order valence-electron chi connectivity index (χ4n) is 4.13. The lowest BCUT2D eigenvalue weighted by atomic mass is 10.1. The Hall–Kier alpha value is -4.69. The third-order valence-corrected chi connectivity index (χ3v) is 7.88. The molecule has 0 radical (unpaired) electrons. The second-order valence-corrected chi connectivity index (χ2v) is 10.5. The summed E-state index contributed by atoms with van der Waals surface area (Å²) in [6.07, 6.45) is 5.29. The topological polar surface area (TPSA) is 84.3 Å². The van der Waals surface area contributed by atoms with Crippen LogP contribution in [0.4, 0.5) is 5.69 Å². The van der Waals surface area contributed by atoms with E-state index >= 15 is 0 Å². The number of amides is 1. The highest BCUT2D eigenvalue weighted by Gasteiger charge is 2.28. The molecule has 7 nitrogen and oxygen atoms in total. The molecular weight excluding hydrogens is 496 g/mol. The molecule has 4 aromatic carbocycles. The van der Waals surface area contributed by atoms with Gasteiger partial charge in [-0.2, -0.15) is 0 Å². The van der Waals surface area contributed by atoms with E-state index in [4.69, 9.17) is 0 Å². The van der Waals surface area contributed by atoms with Gasteiger partial charge < -0.3 is 9.88 Å². The summed E-state index contributed by atoms with van der Waals surface area (Å²) in [5.41, 5.74) is 3.27. The van der Waals surface area contributed by atoms with Crippen molar-refractivity contribution < 1.29 is 13.2 Å². The van der Waals surface area contributed by atoms with E-state index in [1.165, 1.54) is 4.31 Å². The van der Waals surface area contributed by atoms with E-state index in [2.05, 4.69) is 10.3 Å². The van der Waals surface area contributed by atoms with Crippen LogP contribution in [0.15, 0.2) is 133 Å². The molecule has 0 fully saturated rings. The van der Waals surface area contributed by atoms with Crippen LogP contribution in [0, 0.1) is 0 Å². The van der Waals surface area contributed by atoms with Crippen molar-refractivity contribution in [3.8, 4) is 5.69 Å². The fraction of sp³-hybridized carbons (Fsp3) is 0.0667. The Bertz CT molecular complexity index is 1600. The molecule has 1 aromatic heterocycles. The Morgan fingerprint density at radius 1 is 0.789 bits per heavy atom. The Labute approximate surface area is 222 Å². The van der Waals surface area contributed by atoms with E-state index in [-0.39, 0.29) is 22.9 Å². The van der Waals surface area contributed by atoms with Gasteiger partial charge in [-0.15, -0.1) is 0 Å². The molecule has 0 aliphatic carbocycles. The number of para-hydroxylation sites is 1. The van der Waals surface area contributed by atoms with Gasteiger partial charge in [0.2, 0.25) is 0 Å². The van der Waals surface area contributed by atoms with Crippen molar-refractivity contribution in [2.24, 2.45) is 0 Å².